The lowest BCUT2D eigenvalue weighted by molar-refractivity contribution is 0.0475. The first-order valence-electron chi connectivity index (χ1n) is 5.73. The lowest BCUT2D eigenvalue weighted by Gasteiger charge is -2.26. The molecule has 100 valence electrons. The van der Waals surface area contributed by atoms with Crippen molar-refractivity contribution in [3.05, 3.63) is 0 Å². The smallest absolute Gasteiger partial charge is 0.409 e. The van der Waals surface area contributed by atoms with Gasteiger partial charge in [-0.15, -0.1) is 0 Å². The van der Waals surface area contributed by atoms with E-state index in [9.17, 15) is 4.79 Å². The zero-order valence-electron chi connectivity index (χ0n) is 11.9. The Labute approximate surface area is 104 Å². The maximum absolute atomic E-state index is 11.6. The van der Waals surface area contributed by atoms with Gasteiger partial charge in [-0.25, -0.2) is 9.79 Å². The molecular formula is C12H24N2O3. The van der Waals surface area contributed by atoms with E-state index in [2.05, 4.69) is 10.3 Å². The average Bonchev–Trinajstić information content (AvgIpc) is 2.09. The van der Waals surface area contributed by atoms with Crippen LogP contribution in [0, 0.1) is 0 Å². The number of aliphatic imine (C=N–C) groups is 1. The SMILES string of the molecule is CC/C(=N\C(C)(C)NC(=O)OC(C)(C)C)OC. The largest absolute Gasteiger partial charge is 0.484 e. The number of carbonyl (C=O) groups is 1. The molecule has 0 saturated carbocycles. The number of alkyl carbamates (subject to hydrolysis) is 1. The van der Waals surface area contributed by atoms with E-state index in [1.54, 1.807) is 21.0 Å². The summed E-state index contributed by atoms with van der Waals surface area (Å²) in [4.78, 5) is 15.9. The van der Waals surface area contributed by atoms with Gasteiger partial charge in [-0.3, -0.25) is 5.32 Å². The van der Waals surface area contributed by atoms with Gasteiger partial charge < -0.3 is 9.47 Å². The number of carbonyl (C=O) groups excluding carboxylic acids is 1. The van der Waals surface area contributed by atoms with Crippen molar-refractivity contribution in [3.8, 4) is 0 Å². The molecule has 0 aromatic rings. The Morgan fingerprint density at radius 3 is 2.12 bits per heavy atom. The predicted molar refractivity (Wildman–Crippen MR) is 68.2 cm³/mol. The number of hydrogen-bond acceptors (Lipinski definition) is 4. The molecule has 17 heavy (non-hydrogen) atoms. The average molecular weight is 244 g/mol. The van der Waals surface area contributed by atoms with E-state index in [1.165, 1.54) is 0 Å². The third-order valence-corrected chi connectivity index (χ3v) is 1.75. The fraction of sp³-hybridized carbons (Fsp3) is 0.833. The molecule has 0 unspecified atom stereocenters. The highest BCUT2D eigenvalue weighted by molar-refractivity contribution is 5.76. The molecule has 0 aromatic heterocycles. The first-order chi connectivity index (χ1) is 7.59. The van der Waals surface area contributed by atoms with Crippen molar-refractivity contribution in [3.63, 3.8) is 0 Å². The van der Waals surface area contributed by atoms with Gasteiger partial charge in [0.2, 0.25) is 0 Å². The second-order valence-corrected chi connectivity index (χ2v) is 5.25. The first kappa shape index (κ1) is 15.7. The molecule has 0 radical (unpaired) electrons. The minimum absolute atomic E-state index is 0.488. The van der Waals surface area contributed by atoms with Crippen molar-refractivity contribution < 1.29 is 14.3 Å². The van der Waals surface area contributed by atoms with Gasteiger partial charge in [-0.05, 0) is 34.6 Å². The summed E-state index contributed by atoms with van der Waals surface area (Å²) >= 11 is 0. The van der Waals surface area contributed by atoms with Gasteiger partial charge in [0.25, 0.3) is 0 Å². The van der Waals surface area contributed by atoms with Crippen molar-refractivity contribution in [2.24, 2.45) is 4.99 Å². The molecule has 0 aromatic carbocycles. The fourth-order valence-corrected chi connectivity index (χ4v) is 1.16. The predicted octanol–water partition coefficient (Wildman–Crippen LogP) is 2.70. The fourth-order valence-electron chi connectivity index (χ4n) is 1.16. The van der Waals surface area contributed by atoms with Crippen molar-refractivity contribution in [2.75, 3.05) is 7.11 Å². The molecule has 0 heterocycles. The minimum atomic E-state index is -0.746. The van der Waals surface area contributed by atoms with Gasteiger partial charge in [0.15, 0.2) is 5.90 Å². The van der Waals surface area contributed by atoms with Crippen LogP contribution in [0.3, 0.4) is 0 Å². The summed E-state index contributed by atoms with van der Waals surface area (Å²) in [5.74, 6) is 0.589. The van der Waals surface area contributed by atoms with Crippen LogP contribution in [0.1, 0.15) is 48.0 Å². The molecule has 0 aliphatic carbocycles. The number of nitrogens with zero attached hydrogens (tertiary/aromatic N) is 1. The first-order valence-corrected chi connectivity index (χ1v) is 5.73. The second-order valence-electron chi connectivity index (χ2n) is 5.25. The lowest BCUT2D eigenvalue weighted by Crippen LogP contribution is -2.45. The van der Waals surface area contributed by atoms with Crippen LogP contribution in [0.25, 0.3) is 0 Å². The van der Waals surface area contributed by atoms with Crippen LogP contribution < -0.4 is 5.32 Å². The summed E-state index contributed by atoms with van der Waals surface area (Å²) < 4.78 is 10.2. The Balaban J connectivity index is 4.54. The van der Waals surface area contributed by atoms with E-state index in [0.717, 1.165) is 0 Å². The van der Waals surface area contributed by atoms with E-state index in [0.29, 0.717) is 12.3 Å². The number of amides is 1. The van der Waals surface area contributed by atoms with Gasteiger partial charge in [0.05, 0.1) is 7.11 Å². The van der Waals surface area contributed by atoms with Gasteiger partial charge in [-0.1, -0.05) is 6.92 Å². The van der Waals surface area contributed by atoms with Gasteiger partial charge in [0.1, 0.15) is 11.3 Å². The number of rotatable bonds is 3. The van der Waals surface area contributed by atoms with E-state index in [1.807, 2.05) is 27.7 Å². The Hall–Kier alpha value is -1.26. The Morgan fingerprint density at radius 2 is 1.76 bits per heavy atom. The van der Waals surface area contributed by atoms with Crippen LogP contribution in [-0.4, -0.2) is 30.4 Å². The summed E-state index contributed by atoms with van der Waals surface area (Å²) in [6.45, 7) is 10.9. The zero-order valence-corrected chi connectivity index (χ0v) is 11.9. The standard InChI is InChI=1S/C12H24N2O3/c1-8-9(16-7)13-12(5,6)14-10(15)17-11(2,3)4/h8H2,1-7H3,(H,14,15)/b13-9+. The van der Waals surface area contributed by atoms with E-state index < -0.39 is 17.4 Å². The third kappa shape index (κ3) is 7.60. The summed E-state index contributed by atoms with van der Waals surface area (Å²) in [6, 6.07) is 0. The lowest BCUT2D eigenvalue weighted by atomic mass is 10.2. The summed E-state index contributed by atoms with van der Waals surface area (Å²) in [5.41, 5.74) is -1.26. The van der Waals surface area contributed by atoms with Crippen LogP contribution >= 0.6 is 0 Å². The van der Waals surface area contributed by atoms with Gasteiger partial charge in [0, 0.05) is 6.42 Å². The number of ether oxygens (including phenoxy) is 2. The van der Waals surface area contributed by atoms with E-state index >= 15 is 0 Å². The molecule has 1 amide bonds. The molecule has 1 N–H and O–H groups in total. The molecule has 5 heteroatoms. The highest BCUT2D eigenvalue weighted by atomic mass is 16.6. The van der Waals surface area contributed by atoms with Crippen molar-refractivity contribution >= 4 is 12.0 Å². The second kappa shape index (κ2) is 5.89. The highest BCUT2D eigenvalue weighted by Gasteiger charge is 2.24. The van der Waals surface area contributed by atoms with Crippen LogP contribution in [0.5, 0.6) is 0 Å². The van der Waals surface area contributed by atoms with Gasteiger partial charge >= 0.3 is 6.09 Å². The Kier molecular flexibility index (Phi) is 5.45. The zero-order chi connectivity index (χ0) is 13.7. The monoisotopic (exact) mass is 244 g/mol. The molecule has 0 aliphatic heterocycles. The van der Waals surface area contributed by atoms with E-state index in [4.69, 9.17) is 9.47 Å². The van der Waals surface area contributed by atoms with Crippen molar-refractivity contribution in [1.82, 2.24) is 5.32 Å². The highest BCUT2D eigenvalue weighted by Crippen LogP contribution is 2.11. The number of nitrogens with one attached hydrogen (secondary N) is 1. The molecule has 0 spiro atoms. The molecule has 0 fully saturated rings. The number of hydrogen-bond donors (Lipinski definition) is 1. The molecule has 0 saturated heterocycles. The van der Waals surface area contributed by atoms with E-state index in [-0.39, 0.29) is 0 Å². The normalized spacial score (nSPS) is 13.2. The van der Waals surface area contributed by atoms with Crippen molar-refractivity contribution in [1.29, 1.82) is 0 Å². The van der Waals surface area contributed by atoms with Crippen LogP contribution in [0.15, 0.2) is 4.99 Å². The molecule has 0 rings (SSSR count). The van der Waals surface area contributed by atoms with Crippen molar-refractivity contribution in [2.45, 2.75) is 59.2 Å². The number of methoxy groups -OCH3 is 1. The molecule has 0 bridgehead atoms. The Morgan fingerprint density at radius 1 is 1.24 bits per heavy atom. The molecular weight excluding hydrogens is 220 g/mol. The third-order valence-electron chi connectivity index (χ3n) is 1.75. The Bertz CT molecular complexity index is 285. The molecule has 0 atom stereocenters. The van der Waals surface area contributed by atoms with Crippen LogP contribution in [0.2, 0.25) is 0 Å². The minimum Gasteiger partial charge on any atom is -0.484 e. The van der Waals surface area contributed by atoms with Gasteiger partial charge in [-0.2, -0.15) is 0 Å². The summed E-state index contributed by atoms with van der Waals surface area (Å²) in [7, 11) is 1.56. The quantitative estimate of drug-likeness (QED) is 0.613. The summed E-state index contributed by atoms with van der Waals surface area (Å²) in [5, 5.41) is 2.68. The molecule has 5 nitrogen and oxygen atoms in total. The molecule has 0 aliphatic rings. The van der Waals surface area contributed by atoms with Crippen LogP contribution in [0.4, 0.5) is 4.79 Å². The summed E-state index contributed by atoms with van der Waals surface area (Å²) in [6.07, 6.45) is 0.188. The topological polar surface area (TPSA) is 59.9 Å². The van der Waals surface area contributed by atoms with Crippen LogP contribution in [-0.2, 0) is 9.47 Å². The maximum Gasteiger partial charge on any atom is 0.409 e. The maximum atomic E-state index is 11.6.